The summed E-state index contributed by atoms with van der Waals surface area (Å²) in [6.45, 7) is 0. The summed E-state index contributed by atoms with van der Waals surface area (Å²) in [7, 11) is 0. The van der Waals surface area contributed by atoms with Gasteiger partial charge in [0.25, 0.3) is 6.04 Å². The average Bonchev–Trinajstić information content (AvgIpc) is 2.32. The molecule has 1 aliphatic carbocycles. The number of rotatable bonds is 3. The minimum atomic E-state index is -1.01. The van der Waals surface area contributed by atoms with Crippen LogP contribution < -0.4 is 9.47 Å². The molecule has 1 aliphatic rings. The Bertz CT molecular complexity index is 568. The Morgan fingerprint density at radius 1 is 1.44 bits per heavy atom. The molecule has 7 heteroatoms. The highest BCUT2D eigenvalue weighted by atomic mass is 32.1. The Kier molecular flexibility index (Phi) is 3.33. The molecule has 1 heterocycles. The Labute approximate surface area is 108 Å². The van der Waals surface area contributed by atoms with E-state index in [1.165, 1.54) is 30.5 Å². The molecule has 0 saturated heterocycles. The molecule has 0 aromatic carbocycles. The molecule has 2 rings (SSSR count). The third-order valence-corrected chi connectivity index (χ3v) is 2.62. The van der Waals surface area contributed by atoms with Crippen LogP contribution >= 0.6 is 12.2 Å². The van der Waals surface area contributed by atoms with Crippen molar-refractivity contribution in [1.82, 2.24) is 0 Å². The first-order valence-electron chi connectivity index (χ1n) is 5.01. The second-order valence-corrected chi connectivity index (χ2v) is 3.98. The van der Waals surface area contributed by atoms with Gasteiger partial charge in [0.15, 0.2) is 6.20 Å². The number of nitrogens with zero attached hydrogens (tertiary/aromatic N) is 2. The molecule has 6 nitrogen and oxygen atoms in total. The fraction of sp³-hybridized carbons (Fsp3) is 0.0909. The molecule has 92 valence electrons. The van der Waals surface area contributed by atoms with Crippen LogP contribution in [0.25, 0.3) is 0 Å². The minimum Gasteiger partial charge on any atom is -0.616 e. The van der Waals surface area contributed by atoms with Crippen molar-refractivity contribution < 1.29 is 14.4 Å². The molecule has 0 bridgehead atoms. The fourth-order valence-electron chi connectivity index (χ4n) is 1.40. The second kappa shape index (κ2) is 4.92. The highest BCUT2D eigenvalue weighted by molar-refractivity contribution is 7.80. The maximum atomic E-state index is 11.3. The summed E-state index contributed by atoms with van der Waals surface area (Å²) < 4.78 is 5.85. The molecule has 1 aromatic heterocycles. The Morgan fingerprint density at radius 2 is 2.22 bits per heavy atom. The van der Waals surface area contributed by atoms with E-state index >= 15 is 0 Å². The van der Waals surface area contributed by atoms with E-state index in [0.29, 0.717) is 10.5 Å². The molecule has 0 aliphatic heterocycles. The van der Waals surface area contributed by atoms with Crippen LogP contribution in [-0.2, 0) is 0 Å². The van der Waals surface area contributed by atoms with Crippen LogP contribution in [0, 0.1) is 15.3 Å². The maximum Gasteiger partial charge on any atom is 0.384 e. The second-order valence-electron chi connectivity index (χ2n) is 3.51. The van der Waals surface area contributed by atoms with Gasteiger partial charge in [0, 0.05) is 17.1 Å². The van der Waals surface area contributed by atoms with E-state index in [1.54, 1.807) is 12.1 Å². The first kappa shape index (κ1) is 12.2. The molecule has 0 radical (unpaired) electrons. The first-order valence-corrected chi connectivity index (χ1v) is 5.42. The van der Waals surface area contributed by atoms with Gasteiger partial charge in [0.2, 0.25) is 0 Å². The Balaban J connectivity index is 2.16. The van der Waals surface area contributed by atoms with Gasteiger partial charge < -0.3 is 9.94 Å². The van der Waals surface area contributed by atoms with Crippen LogP contribution in [0.1, 0.15) is 0 Å². The number of thiocarbonyl (C=S) groups is 1. The molecule has 1 atom stereocenters. The molecule has 1 unspecified atom stereocenters. The van der Waals surface area contributed by atoms with Crippen molar-refractivity contribution in [2.75, 3.05) is 0 Å². The van der Waals surface area contributed by atoms with Gasteiger partial charge in [-0.1, -0.05) is 12.2 Å². The zero-order valence-corrected chi connectivity index (χ0v) is 9.87. The summed E-state index contributed by atoms with van der Waals surface area (Å²) in [5, 5.41) is 22.0. The van der Waals surface area contributed by atoms with Gasteiger partial charge in [-0.05, 0) is 18.2 Å². The van der Waals surface area contributed by atoms with Gasteiger partial charge >= 0.3 is 5.88 Å². The highest BCUT2D eigenvalue weighted by Crippen LogP contribution is 2.15. The summed E-state index contributed by atoms with van der Waals surface area (Å²) in [6, 6.07) is 3.69. The predicted molar refractivity (Wildman–Crippen MR) is 66.6 cm³/mol. The van der Waals surface area contributed by atoms with Gasteiger partial charge in [-0.3, -0.25) is 10.1 Å². The quantitative estimate of drug-likeness (QED) is 0.269. The average molecular weight is 264 g/mol. The fourth-order valence-corrected chi connectivity index (χ4v) is 1.69. The van der Waals surface area contributed by atoms with Crippen molar-refractivity contribution in [3.8, 4) is 5.88 Å². The lowest BCUT2D eigenvalue weighted by Crippen LogP contribution is -2.30. The number of hydrogen-bond acceptors (Lipinski definition) is 5. The van der Waals surface area contributed by atoms with Crippen molar-refractivity contribution >= 4 is 17.1 Å². The lowest BCUT2D eigenvalue weighted by Gasteiger charge is -2.11. The molecule has 1 aromatic rings. The Hall–Kier alpha value is -2.28. The van der Waals surface area contributed by atoms with Gasteiger partial charge in [-0.2, -0.15) is 0 Å². The van der Waals surface area contributed by atoms with E-state index in [2.05, 4.69) is 0 Å². The number of ether oxygens (including phenoxy) is 1. The van der Waals surface area contributed by atoms with E-state index < -0.39 is 11.0 Å². The topological polar surface area (TPSA) is 79.3 Å². The molecule has 0 saturated carbocycles. The SMILES string of the molecule is O=[N+]([O-])C1C=CC(Oc2cccc[n+]2[O-])=CC1=S. The van der Waals surface area contributed by atoms with Gasteiger partial charge in [0.1, 0.15) is 5.76 Å². The maximum absolute atomic E-state index is 11.3. The monoisotopic (exact) mass is 264 g/mol. The smallest absolute Gasteiger partial charge is 0.384 e. The molecule has 0 amide bonds. The predicted octanol–water partition coefficient (Wildman–Crippen LogP) is 1.17. The summed E-state index contributed by atoms with van der Waals surface area (Å²) in [4.78, 5) is 10.3. The first-order chi connectivity index (χ1) is 8.58. The van der Waals surface area contributed by atoms with E-state index in [-0.39, 0.29) is 10.7 Å². The molecule has 18 heavy (non-hydrogen) atoms. The molecule has 0 N–H and O–H groups in total. The highest BCUT2D eigenvalue weighted by Gasteiger charge is 2.25. The van der Waals surface area contributed by atoms with Crippen molar-refractivity contribution in [3.05, 3.63) is 63.7 Å². The molecule has 0 fully saturated rings. The summed E-state index contributed by atoms with van der Waals surface area (Å²) in [5.41, 5.74) is 0. The van der Waals surface area contributed by atoms with Crippen LogP contribution in [0.15, 0.2) is 48.4 Å². The van der Waals surface area contributed by atoms with Crippen molar-refractivity contribution in [3.63, 3.8) is 0 Å². The third-order valence-electron chi connectivity index (χ3n) is 2.26. The van der Waals surface area contributed by atoms with Crippen molar-refractivity contribution in [1.29, 1.82) is 0 Å². The number of pyridine rings is 1. The van der Waals surface area contributed by atoms with Crippen LogP contribution in [0.2, 0.25) is 0 Å². The normalized spacial score (nSPS) is 18.3. The lowest BCUT2D eigenvalue weighted by atomic mass is 10.1. The van der Waals surface area contributed by atoms with Crippen LogP contribution in [0.3, 0.4) is 0 Å². The van der Waals surface area contributed by atoms with Gasteiger partial charge in [-0.25, -0.2) is 0 Å². The number of nitro groups is 1. The van der Waals surface area contributed by atoms with Crippen LogP contribution in [0.5, 0.6) is 5.88 Å². The number of allylic oxidation sites excluding steroid dienone is 1. The number of aromatic nitrogens is 1. The Morgan fingerprint density at radius 3 is 2.83 bits per heavy atom. The lowest BCUT2D eigenvalue weighted by molar-refractivity contribution is -0.611. The summed E-state index contributed by atoms with van der Waals surface area (Å²) >= 11 is 4.90. The zero-order valence-electron chi connectivity index (χ0n) is 9.05. The zero-order chi connectivity index (χ0) is 13.1. The third kappa shape index (κ3) is 2.51. The van der Waals surface area contributed by atoms with E-state index in [4.69, 9.17) is 17.0 Å². The van der Waals surface area contributed by atoms with Gasteiger partial charge in [-0.15, -0.1) is 4.73 Å². The van der Waals surface area contributed by atoms with Crippen LogP contribution in [-0.4, -0.2) is 15.8 Å². The van der Waals surface area contributed by atoms with Crippen molar-refractivity contribution in [2.24, 2.45) is 0 Å². The molecular weight excluding hydrogens is 256 g/mol. The van der Waals surface area contributed by atoms with E-state index in [1.807, 2.05) is 0 Å². The van der Waals surface area contributed by atoms with E-state index in [0.717, 1.165) is 0 Å². The molecular formula is C11H8N2O4S. The summed E-state index contributed by atoms with van der Waals surface area (Å²) in [5.74, 6) is 0.379. The number of hydrogen-bond donors (Lipinski definition) is 0. The van der Waals surface area contributed by atoms with Gasteiger partial charge in [0.05, 0.1) is 10.9 Å². The minimum absolute atomic E-state index is 0.0794. The standard InChI is InChI=1S/C11H8N2O4S/c14-12-6-2-1-3-11(12)17-8-4-5-9(13(15)16)10(18)7-8/h1-7,9H. The van der Waals surface area contributed by atoms with E-state index in [9.17, 15) is 15.3 Å². The molecule has 0 spiro atoms. The van der Waals surface area contributed by atoms with Crippen molar-refractivity contribution in [2.45, 2.75) is 6.04 Å². The summed E-state index contributed by atoms with van der Waals surface area (Å²) in [6.07, 6.45) is 5.42. The largest absolute Gasteiger partial charge is 0.616 e. The van der Waals surface area contributed by atoms with Crippen LogP contribution in [0.4, 0.5) is 0 Å².